The second-order valence-corrected chi connectivity index (χ2v) is 5.27. The maximum Gasteiger partial charge on any atom is 0.227 e. The molecular weight excluding hydrogens is 228 g/mol. The van der Waals surface area contributed by atoms with E-state index < -0.39 is 0 Å². The number of hydrogen-bond acceptors (Lipinski definition) is 3. The zero-order chi connectivity index (χ0) is 13.3. The lowest BCUT2D eigenvalue weighted by Crippen LogP contribution is -2.42. The van der Waals surface area contributed by atoms with Crippen LogP contribution in [0.5, 0.6) is 0 Å². The molecule has 106 valence electrons. The molecule has 0 aromatic carbocycles. The molecule has 0 bridgehead atoms. The van der Waals surface area contributed by atoms with Crippen LogP contribution in [0.25, 0.3) is 0 Å². The van der Waals surface area contributed by atoms with Crippen molar-refractivity contribution < 1.29 is 9.53 Å². The normalized spacial score (nSPS) is 23.2. The van der Waals surface area contributed by atoms with Crippen molar-refractivity contribution in [3.63, 3.8) is 0 Å². The minimum Gasteiger partial charge on any atom is -0.385 e. The molecule has 2 N–H and O–H groups in total. The number of methoxy groups -OCH3 is 1. The van der Waals surface area contributed by atoms with Gasteiger partial charge in [0.1, 0.15) is 0 Å². The molecule has 0 radical (unpaired) electrons. The molecule has 4 nitrogen and oxygen atoms in total. The second kappa shape index (κ2) is 8.48. The van der Waals surface area contributed by atoms with E-state index in [1.165, 1.54) is 0 Å². The fraction of sp³-hybridized carbons (Fsp3) is 0.929. The Hall–Kier alpha value is -0.610. The number of carbonyl (C=O) groups excluding carboxylic acids is 1. The highest BCUT2D eigenvalue weighted by atomic mass is 16.5. The Kier molecular flexibility index (Phi) is 7.28. The third-order valence-electron chi connectivity index (χ3n) is 3.76. The van der Waals surface area contributed by atoms with Crippen LogP contribution in [0.2, 0.25) is 0 Å². The predicted octanol–water partition coefficient (Wildman–Crippen LogP) is 1.70. The molecule has 0 aromatic heterocycles. The van der Waals surface area contributed by atoms with E-state index in [0.717, 1.165) is 64.8 Å². The van der Waals surface area contributed by atoms with E-state index >= 15 is 0 Å². The van der Waals surface area contributed by atoms with Gasteiger partial charge in [-0.3, -0.25) is 4.79 Å². The van der Waals surface area contributed by atoms with E-state index in [-0.39, 0.29) is 11.3 Å². The number of carbonyl (C=O) groups is 1. The SMILES string of the molecule is CCCC1(C(=O)NCCCCCOC)CCNC1. The highest BCUT2D eigenvalue weighted by molar-refractivity contribution is 5.83. The topological polar surface area (TPSA) is 50.4 Å². The van der Waals surface area contributed by atoms with Gasteiger partial charge in [-0.2, -0.15) is 0 Å². The van der Waals surface area contributed by atoms with Gasteiger partial charge in [-0.05, 0) is 38.6 Å². The lowest BCUT2D eigenvalue weighted by molar-refractivity contribution is -0.130. The van der Waals surface area contributed by atoms with Crippen LogP contribution in [0.15, 0.2) is 0 Å². The fourth-order valence-electron chi connectivity index (χ4n) is 2.68. The van der Waals surface area contributed by atoms with E-state index in [2.05, 4.69) is 17.6 Å². The summed E-state index contributed by atoms with van der Waals surface area (Å²) >= 11 is 0. The summed E-state index contributed by atoms with van der Waals surface area (Å²) in [5.74, 6) is 0.251. The van der Waals surface area contributed by atoms with Crippen LogP contribution >= 0.6 is 0 Å². The van der Waals surface area contributed by atoms with Gasteiger partial charge in [0.2, 0.25) is 5.91 Å². The number of hydrogen-bond donors (Lipinski definition) is 2. The average molecular weight is 256 g/mol. The molecule has 0 aromatic rings. The summed E-state index contributed by atoms with van der Waals surface area (Å²) in [5, 5.41) is 6.43. The van der Waals surface area contributed by atoms with Crippen molar-refractivity contribution in [1.82, 2.24) is 10.6 Å². The smallest absolute Gasteiger partial charge is 0.227 e. The van der Waals surface area contributed by atoms with Crippen LogP contribution in [0.3, 0.4) is 0 Å². The molecule has 1 saturated heterocycles. The van der Waals surface area contributed by atoms with Gasteiger partial charge in [0.05, 0.1) is 5.41 Å². The molecule has 0 aliphatic carbocycles. The first-order valence-electron chi connectivity index (χ1n) is 7.23. The van der Waals surface area contributed by atoms with Crippen molar-refractivity contribution in [1.29, 1.82) is 0 Å². The predicted molar refractivity (Wildman–Crippen MR) is 73.6 cm³/mol. The maximum atomic E-state index is 12.3. The van der Waals surface area contributed by atoms with Gasteiger partial charge < -0.3 is 15.4 Å². The number of rotatable bonds is 9. The molecule has 4 heteroatoms. The van der Waals surface area contributed by atoms with E-state index in [1.54, 1.807) is 7.11 Å². The van der Waals surface area contributed by atoms with Crippen molar-refractivity contribution in [2.24, 2.45) is 5.41 Å². The summed E-state index contributed by atoms with van der Waals surface area (Å²) in [5.41, 5.74) is -0.138. The number of amides is 1. The first-order chi connectivity index (χ1) is 8.75. The van der Waals surface area contributed by atoms with Crippen molar-refractivity contribution in [3.05, 3.63) is 0 Å². The minimum absolute atomic E-state index is 0.138. The highest BCUT2D eigenvalue weighted by Crippen LogP contribution is 2.31. The van der Waals surface area contributed by atoms with E-state index in [9.17, 15) is 4.79 Å². The third-order valence-corrected chi connectivity index (χ3v) is 3.76. The molecule has 18 heavy (non-hydrogen) atoms. The fourth-order valence-corrected chi connectivity index (χ4v) is 2.68. The highest BCUT2D eigenvalue weighted by Gasteiger charge is 2.39. The van der Waals surface area contributed by atoms with Crippen LogP contribution in [-0.4, -0.2) is 39.3 Å². The number of ether oxygens (including phenoxy) is 1. The van der Waals surface area contributed by atoms with Gasteiger partial charge in [0.15, 0.2) is 0 Å². The Balaban J connectivity index is 2.21. The zero-order valence-electron chi connectivity index (χ0n) is 11.9. The van der Waals surface area contributed by atoms with Crippen molar-refractivity contribution in [3.8, 4) is 0 Å². The van der Waals surface area contributed by atoms with Gasteiger partial charge in [-0.25, -0.2) is 0 Å². The maximum absolute atomic E-state index is 12.3. The Morgan fingerprint density at radius 3 is 2.83 bits per heavy atom. The lowest BCUT2D eigenvalue weighted by atomic mass is 9.81. The standard InChI is InChI=1S/C14H28N2O2/c1-3-7-14(8-10-15-12-14)13(17)16-9-5-4-6-11-18-2/h15H,3-12H2,1-2H3,(H,16,17). The average Bonchev–Trinajstić information content (AvgIpc) is 2.83. The van der Waals surface area contributed by atoms with Gasteiger partial charge in [-0.15, -0.1) is 0 Å². The molecule has 0 spiro atoms. The van der Waals surface area contributed by atoms with Gasteiger partial charge in [-0.1, -0.05) is 13.3 Å². The van der Waals surface area contributed by atoms with Crippen molar-refractivity contribution >= 4 is 5.91 Å². The van der Waals surface area contributed by atoms with Crippen LogP contribution in [0, 0.1) is 5.41 Å². The summed E-state index contributed by atoms with van der Waals surface area (Å²) in [6.07, 6.45) is 6.29. The quantitative estimate of drug-likeness (QED) is 0.617. The van der Waals surface area contributed by atoms with E-state index in [1.807, 2.05) is 0 Å². The van der Waals surface area contributed by atoms with Crippen molar-refractivity contribution in [2.75, 3.05) is 33.4 Å². The summed E-state index contributed by atoms with van der Waals surface area (Å²) < 4.78 is 5.00. The molecule has 1 rings (SSSR count). The summed E-state index contributed by atoms with van der Waals surface area (Å²) in [4.78, 5) is 12.3. The Morgan fingerprint density at radius 2 is 2.22 bits per heavy atom. The van der Waals surface area contributed by atoms with E-state index in [4.69, 9.17) is 4.74 Å². The molecule has 1 unspecified atom stereocenters. The van der Waals surface area contributed by atoms with Gasteiger partial charge in [0, 0.05) is 26.8 Å². The van der Waals surface area contributed by atoms with Crippen LogP contribution < -0.4 is 10.6 Å². The molecule has 1 aliphatic heterocycles. The Bertz CT molecular complexity index is 238. The minimum atomic E-state index is -0.138. The molecule has 0 saturated carbocycles. The zero-order valence-corrected chi connectivity index (χ0v) is 11.9. The molecule has 1 fully saturated rings. The summed E-state index contributed by atoms with van der Waals surface area (Å²) in [7, 11) is 1.73. The Labute approximate surface area is 111 Å². The van der Waals surface area contributed by atoms with Crippen LogP contribution in [-0.2, 0) is 9.53 Å². The second-order valence-electron chi connectivity index (χ2n) is 5.27. The molecule has 1 aliphatic rings. The summed E-state index contributed by atoms with van der Waals surface area (Å²) in [6, 6.07) is 0. The van der Waals surface area contributed by atoms with Gasteiger partial charge in [0.25, 0.3) is 0 Å². The first-order valence-corrected chi connectivity index (χ1v) is 7.23. The number of unbranched alkanes of at least 4 members (excludes halogenated alkanes) is 2. The third kappa shape index (κ3) is 4.58. The summed E-state index contributed by atoms with van der Waals surface area (Å²) in [6.45, 7) is 5.58. The molecule has 1 atom stereocenters. The Morgan fingerprint density at radius 1 is 1.39 bits per heavy atom. The number of nitrogens with one attached hydrogen (secondary N) is 2. The van der Waals surface area contributed by atoms with Gasteiger partial charge >= 0.3 is 0 Å². The molecular formula is C14H28N2O2. The van der Waals surface area contributed by atoms with Crippen molar-refractivity contribution in [2.45, 2.75) is 45.4 Å². The molecule has 1 amide bonds. The largest absolute Gasteiger partial charge is 0.385 e. The molecule has 1 heterocycles. The van der Waals surface area contributed by atoms with E-state index in [0.29, 0.717) is 0 Å². The van der Waals surface area contributed by atoms with Crippen LogP contribution in [0.1, 0.15) is 45.4 Å². The van der Waals surface area contributed by atoms with Crippen LogP contribution in [0.4, 0.5) is 0 Å². The monoisotopic (exact) mass is 256 g/mol. The lowest BCUT2D eigenvalue weighted by Gasteiger charge is -2.26. The first kappa shape index (κ1) is 15.4.